The lowest BCUT2D eigenvalue weighted by Gasteiger charge is -2.27. The molecule has 1 aliphatic carbocycles. The van der Waals surface area contributed by atoms with Crippen LogP contribution in [0.2, 0.25) is 0 Å². The van der Waals surface area contributed by atoms with Crippen LogP contribution in [0.3, 0.4) is 0 Å². The summed E-state index contributed by atoms with van der Waals surface area (Å²) in [6.45, 7) is 4.92. The van der Waals surface area contributed by atoms with Crippen molar-refractivity contribution in [2.75, 3.05) is 32.9 Å². The van der Waals surface area contributed by atoms with E-state index in [-0.39, 0.29) is 57.1 Å². The second-order valence-corrected chi connectivity index (χ2v) is 8.24. The second-order valence-electron chi connectivity index (χ2n) is 8.24. The fraction of sp³-hybridized carbons (Fsp3) is 0.423. The second kappa shape index (κ2) is 12.2. The number of ether oxygens (including phenoxy) is 2. The predicted octanol–water partition coefficient (Wildman–Crippen LogP) is 3.64. The topological polar surface area (TPSA) is 105 Å². The number of carboxylic acid groups (broad SMARTS) is 1. The number of hydrogen-bond acceptors (Lipinski definition) is 5. The SMILES string of the molecule is CCN(C(=O)CCOCCNC(=O)OCC1c2ccccc2-c2ccccc21)C(C)CC(=O)O. The summed E-state index contributed by atoms with van der Waals surface area (Å²) in [6, 6.07) is 15.9. The number of aliphatic carboxylic acids is 1. The summed E-state index contributed by atoms with van der Waals surface area (Å²) < 4.78 is 10.9. The number of nitrogens with one attached hydrogen (secondary N) is 1. The molecule has 1 unspecified atom stereocenters. The zero-order chi connectivity index (χ0) is 24.5. The van der Waals surface area contributed by atoms with Crippen LogP contribution in [0, 0.1) is 0 Å². The number of carbonyl (C=O) groups excluding carboxylic acids is 2. The van der Waals surface area contributed by atoms with E-state index >= 15 is 0 Å². The quantitative estimate of drug-likeness (QED) is 0.461. The lowest BCUT2D eigenvalue weighted by Crippen LogP contribution is -2.40. The molecule has 0 spiro atoms. The van der Waals surface area contributed by atoms with Crippen molar-refractivity contribution in [2.24, 2.45) is 0 Å². The molecule has 2 N–H and O–H groups in total. The Labute approximate surface area is 199 Å². The number of fused-ring (bicyclic) bond motifs is 3. The van der Waals surface area contributed by atoms with Crippen molar-refractivity contribution in [2.45, 2.75) is 38.6 Å². The van der Waals surface area contributed by atoms with Crippen LogP contribution in [0.1, 0.15) is 43.7 Å². The summed E-state index contributed by atoms with van der Waals surface area (Å²) in [5.74, 6) is -1.08. The van der Waals surface area contributed by atoms with E-state index in [0.717, 1.165) is 11.1 Å². The molecular formula is C26H32N2O6. The van der Waals surface area contributed by atoms with E-state index in [2.05, 4.69) is 29.6 Å². The zero-order valence-corrected chi connectivity index (χ0v) is 19.7. The minimum absolute atomic E-state index is 0.00504. The van der Waals surface area contributed by atoms with Gasteiger partial charge in [0, 0.05) is 25.0 Å². The van der Waals surface area contributed by atoms with Gasteiger partial charge in [-0.2, -0.15) is 0 Å². The van der Waals surface area contributed by atoms with Crippen molar-refractivity contribution >= 4 is 18.0 Å². The number of benzene rings is 2. The Morgan fingerprint density at radius 1 is 1.03 bits per heavy atom. The summed E-state index contributed by atoms with van der Waals surface area (Å²) in [7, 11) is 0. The molecule has 2 aromatic rings. The van der Waals surface area contributed by atoms with Crippen molar-refractivity contribution in [1.29, 1.82) is 0 Å². The number of carboxylic acids is 1. The van der Waals surface area contributed by atoms with E-state index < -0.39 is 12.1 Å². The molecular weight excluding hydrogens is 436 g/mol. The molecule has 3 rings (SSSR count). The molecule has 0 bridgehead atoms. The van der Waals surface area contributed by atoms with Gasteiger partial charge in [0.1, 0.15) is 6.61 Å². The first kappa shape index (κ1) is 25.2. The summed E-state index contributed by atoms with van der Waals surface area (Å²) in [5.41, 5.74) is 4.66. The van der Waals surface area contributed by atoms with Crippen molar-refractivity contribution in [3.8, 4) is 11.1 Å². The zero-order valence-electron chi connectivity index (χ0n) is 19.7. The van der Waals surface area contributed by atoms with Crippen molar-refractivity contribution in [3.63, 3.8) is 0 Å². The summed E-state index contributed by atoms with van der Waals surface area (Å²) in [4.78, 5) is 36.8. The molecule has 8 nitrogen and oxygen atoms in total. The summed E-state index contributed by atoms with van der Waals surface area (Å²) in [6.07, 6.45) is -0.450. The van der Waals surface area contributed by atoms with E-state index in [4.69, 9.17) is 14.6 Å². The number of rotatable bonds is 12. The van der Waals surface area contributed by atoms with Gasteiger partial charge in [0.15, 0.2) is 0 Å². The van der Waals surface area contributed by atoms with Crippen molar-refractivity contribution < 1.29 is 29.0 Å². The number of carbonyl (C=O) groups is 3. The van der Waals surface area contributed by atoms with Gasteiger partial charge in [0.25, 0.3) is 0 Å². The Balaban J connectivity index is 1.35. The van der Waals surface area contributed by atoms with Gasteiger partial charge < -0.3 is 24.8 Å². The number of nitrogens with zero attached hydrogens (tertiary/aromatic N) is 1. The molecule has 34 heavy (non-hydrogen) atoms. The highest BCUT2D eigenvalue weighted by Gasteiger charge is 2.29. The molecule has 1 aliphatic rings. The van der Waals surface area contributed by atoms with Crippen LogP contribution in [0.5, 0.6) is 0 Å². The van der Waals surface area contributed by atoms with Crippen LogP contribution in [-0.2, 0) is 19.1 Å². The molecule has 0 radical (unpaired) electrons. The maximum absolute atomic E-state index is 12.3. The first-order valence-corrected chi connectivity index (χ1v) is 11.6. The Morgan fingerprint density at radius 2 is 1.65 bits per heavy atom. The third-order valence-corrected chi connectivity index (χ3v) is 5.98. The molecule has 0 aromatic heterocycles. The van der Waals surface area contributed by atoms with Crippen LogP contribution in [0.15, 0.2) is 48.5 Å². The molecule has 8 heteroatoms. The third kappa shape index (κ3) is 6.35. The van der Waals surface area contributed by atoms with Gasteiger partial charge in [-0.1, -0.05) is 48.5 Å². The van der Waals surface area contributed by atoms with Gasteiger partial charge in [-0.25, -0.2) is 4.79 Å². The molecule has 2 amide bonds. The van der Waals surface area contributed by atoms with Gasteiger partial charge in [0.05, 0.1) is 26.1 Å². The smallest absolute Gasteiger partial charge is 0.407 e. The first-order valence-electron chi connectivity index (χ1n) is 11.6. The Kier molecular flexibility index (Phi) is 9.04. The molecule has 0 fully saturated rings. The van der Waals surface area contributed by atoms with E-state index in [1.807, 2.05) is 31.2 Å². The van der Waals surface area contributed by atoms with Gasteiger partial charge in [-0.3, -0.25) is 9.59 Å². The average molecular weight is 469 g/mol. The number of alkyl carbamates (subject to hydrolysis) is 1. The molecule has 0 saturated carbocycles. The highest BCUT2D eigenvalue weighted by molar-refractivity contribution is 5.79. The van der Waals surface area contributed by atoms with E-state index in [9.17, 15) is 14.4 Å². The molecule has 0 aliphatic heterocycles. The van der Waals surface area contributed by atoms with E-state index in [1.54, 1.807) is 6.92 Å². The lowest BCUT2D eigenvalue weighted by atomic mass is 9.98. The summed E-state index contributed by atoms with van der Waals surface area (Å²) >= 11 is 0. The molecule has 0 saturated heterocycles. The number of amides is 2. The highest BCUT2D eigenvalue weighted by Crippen LogP contribution is 2.44. The van der Waals surface area contributed by atoms with Crippen LogP contribution < -0.4 is 5.32 Å². The normalized spacial score (nSPS) is 13.0. The minimum Gasteiger partial charge on any atom is -0.481 e. The first-order chi connectivity index (χ1) is 16.4. The van der Waals surface area contributed by atoms with Crippen molar-refractivity contribution in [1.82, 2.24) is 10.2 Å². The Bertz CT molecular complexity index is 963. The van der Waals surface area contributed by atoms with E-state index in [0.29, 0.717) is 6.54 Å². The van der Waals surface area contributed by atoms with Gasteiger partial charge in [-0.15, -0.1) is 0 Å². The largest absolute Gasteiger partial charge is 0.481 e. The van der Waals surface area contributed by atoms with Gasteiger partial charge >= 0.3 is 12.1 Å². The Morgan fingerprint density at radius 3 is 2.24 bits per heavy atom. The maximum atomic E-state index is 12.3. The molecule has 0 heterocycles. The minimum atomic E-state index is -0.936. The number of hydrogen-bond donors (Lipinski definition) is 2. The predicted molar refractivity (Wildman–Crippen MR) is 128 cm³/mol. The third-order valence-electron chi connectivity index (χ3n) is 5.98. The molecule has 182 valence electrons. The fourth-order valence-electron chi connectivity index (χ4n) is 4.38. The highest BCUT2D eigenvalue weighted by atomic mass is 16.5. The lowest BCUT2D eigenvalue weighted by molar-refractivity contribution is -0.140. The van der Waals surface area contributed by atoms with Crippen LogP contribution in [0.25, 0.3) is 11.1 Å². The van der Waals surface area contributed by atoms with Crippen LogP contribution in [0.4, 0.5) is 4.79 Å². The van der Waals surface area contributed by atoms with Crippen LogP contribution in [-0.4, -0.2) is 66.9 Å². The molecule has 2 aromatic carbocycles. The van der Waals surface area contributed by atoms with Crippen molar-refractivity contribution in [3.05, 3.63) is 59.7 Å². The Hall–Kier alpha value is -3.39. The maximum Gasteiger partial charge on any atom is 0.407 e. The van der Waals surface area contributed by atoms with Gasteiger partial charge in [-0.05, 0) is 36.1 Å². The molecule has 1 atom stereocenters. The monoisotopic (exact) mass is 468 g/mol. The summed E-state index contributed by atoms with van der Waals surface area (Å²) in [5, 5.41) is 11.6. The average Bonchev–Trinajstić information content (AvgIpc) is 3.13. The van der Waals surface area contributed by atoms with Gasteiger partial charge in [0.2, 0.25) is 5.91 Å². The van der Waals surface area contributed by atoms with E-state index in [1.165, 1.54) is 16.0 Å². The fourth-order valence-corrected chi connectivity index (χ4v) is 4.38. The standard InChI is InChI=1S/C26H32N2O6/c1-3-28(18(2)16-25(30)31)24(29)12-14-33-15-13-27-26(32)34-17-23-21-10-6-4-8-19(21)20-9-5-7-11-22(20)23/h4-11,18,23H,3,12-17H2,1-2H3,(H,27,32)(H,30,31). The van der Waals surface area contributed by atoms with Crippen LogP contribution >= 0.6 is 0 Å².